The molecule has 106 valence electrons. The van der Waals surface area contributed by atoms with E-state index in [1.807, 2.05) is 6.92 Å². The normalized spacial score (nSPS) is 10.8. The van der Waals surface area contributed by atoms with Gasteiger partial charge in [-0.2, -0.15) is 5.10 Å². The second kappa shape index (κ2) is 5.85. The number of benzene rings is 1. The fraction of sp³-hybridized carbons (Fsp3) is 0.308. The maximum atomic E-state index is 13.5. The van der Waals surface area contributed by atoms with Crippen LogP contribution in [0.3, 0.4) is 0 Å². The van der Waals surface area contributed by atoms with Crippen LogP contribution in [0.2, 0.25) is 0 Å². The Bertz CT molecular complexity index is 640. The highest BCUT2D eigenvalue weighted by molar-refractivity contribution is 5.97. The summed E-state index contributed by atoms with van der Waals surface area (Å²) in [5, 5.41) is 3.93. The lowest BCUT2D eigenvalue weighted by molar-refractivity contribution is 0.0984. The fourth-order valence-electron chi connectivity index (χ4n) is 1.80. The molecule has 2 aromatic rings. The average molecular weight is 283 g/mol. The lowest BCUT2D eigenvalue weighted by atomic mass is 10.1. The number of ketones is 1. The first-order valence-corrected chi connectivity index (χ1v) is 6.08. The molecule has 1 aromatic carbocycles. The molecule has 0 radical (unpaired) electrons. The summed E-state index contributed by atoms with van der Waals surface area (Å²) in [6.07, 6.45) is 1.87. The first-order valence-electron chi connectivity index (χ1n) is 6.08. The minimum absolute atomic E-state index is 0.220. The molecule has 0 N–H and O–H groups in total. The number of carbonyl (C=O) groups is 1. The minimum Gasteiger partial charge on any atom is -0.294 e. The monoisotopic (exact) mass is 283 g/mol. The topological polar surface area (TPSA) is 47.8 Å². The quantitative estimate of drug-likeness (QED) is 0.626. The zero-order valence-electron chi connectivity index (χ0n) is 10.7. The predicted molar refractivity (Wildman–Crippen MR) is 64.7 cm³/mol. The molecule has 2 rings (SSSR count). The summed E-state index contributed by atoms with van der Waals surface area (Å²) in [5.74, 6) is -4.76. The molecule has 0 fully saturated rings. The summed E-state index contributed by atoms with van der Waals surface area (Å²) in [6.45, 7) is 2.51. The standard InChI is InChI=1S/C13H12F3N3O/c1-2-5-19-11(17-7-18-19)6-10(20)8-3-4-9(14)13(16)12(8)15/h3-4,7H,2,5-6H2,1H3. The number of hydrogen-bond acceptors (Lipinski definition) is 3. The number of hydrogen-bond donors (Lipinski definition) is 0. The van der Waals surface area contributed by atoms with Crippen molar-refractivity contribution < 1.29 is 18.0 Å². The van der Waals surface area contributed by atoms with Crippen molar-refractivity contribution in [1.82, 2.24) is 14.8 Å². The van der Waals surface area contributed by atoms with Gasteiger partial charge in [0.15, 0.2) is 23.2 Å². The zero-order valence-corrected chi connectivity index (χ0v) is 10.7. The Morgan fingerprint density at radius 1 is 1.25 bits per heavy atom. The molecular weight excluding hydrogens is 271 g/mol. The molecule has 1 aromatic heterocycles. The maximum absolute atomic E-state index is 13.5. The molecule has 7 heteroatoms. The maximum Gasteiger partial charge on any atom is 0.195 e. The molecule has 0 bridgehead atoms. The number of Topliss-reactive ketones (excluding diaryl/α,β-unsaturated/α-hetero) is 1. The van der Waals surface area contributed by atoms with Gasteiger partial charge in [0, 0.05) is 6.54 Å². The molecule has 0 unspecified atom stereocenters. The van der Waals surface area contributed by atoms with Gasteiger partial charge in [0.05, 0.1) is 12.0 Å². The van der Waals surface area contributed by atoms with E-state index in [4.69, 9.17) is 0 Å². The van der Waals surface area contributed by atoms with Gasteiger partial charge in [-0.25, -0.2) is 22.8 Å². The molecule has 0 saturated carbocycles. The van der Waals surface area contributed by atoms with Crippen LogP contribution in [-0.2, 0) is 13.0 Å². The third-order valence-electron chi connectivity index (χ3n) is 2.79. The first-order chi connectivity index (χ1) is 9.54. The summed E-state index contributed by atoms with van der Waals surface area (Å²) in [7, 11) is 0. The van der Waals surface area contributed by atoms with E-state index in [1.54, 1.807) is 0 Å². The Kier molecular flexibility index (Phi) is 4.16. The molecule has 4 nitrogen and oxygen atoms in total. The van der Waals surface area contributed by atoms with Crippen LogP contribution >= 0.6 is 0 Å². The lowest BCUT2D eigenvalue weighted by Crippen LogP contribution is -2.13. The van der Waals surface area contributed by atoms with Crippen LogP contribution < -0.4 is 0 Å². The summed E-state index contributed by atoms with van der Waals surface area (Å²) < 4.78 is 40.9. The van der Waals surface area contributed by atoms with Crippen molar-refractivity contribution >= 4 is 5.78 Å². The van der Waals surface area contributed by atoms with E-state index in [2.05, 4.69) is 10.1 Å². The zero-order chi connectivity index (χ0) is 14.7. The number of aryl methyl sites for hydroxylation is 1. The highest BCUT2D eigenvalue weighted by Crippen LogP contribution is 2.17. The summed E-state index contributed by atoms with van der Waals surface area (Å²) >= 11 is 0. The van der Waals surface area contributed by atoms with Crippen molar-refractivity contribution in [2.75, 3.05) is 0 Å². The Hall–Kier alpha value is -2.18. The van der Waals surface area contributed by atoms with Crippen LogP contribution in [0.15, 0.2) is 18.5 Å². The molecule has 0 spiro atoms. The third-order valence-corrected chi connectivity index (χ3v) is 2.79. The second-order valence-corrected chi connectivity index (χ2v) is 4.22. The van der Waals surface area contributed by atoms with Crippen molar-refractivity contribution in [3.63, 3.8) is 0 Å². The van der Waals surface area contributed by atoms with E-state index in [0.29, 0.717) is 12.4 Å². The minimum atomic E-state index is -1.65. The predicted octanol–water partition coefficient (Wildman–Crippen LogP) is 2.53. The van der Waals surface area contributed by atoms with Gasteiger partial charge in [0.2, 0.25) is 0 Å². The number of halogens is 3. The molecule has 0 aliphatic heterocycles. The fourth-order valence-corrected chi connectivity index (χ4v) is 1.80. The molecule has 20 heavy (non-hydrogen) atoms. The molecule has 0 amide bonds. The Balaban J connectivity index is 2.24. The van der Waals surface area contributed by atoms with Crippen LogP contribution in [0.4, 0.5) is 13.2 Å². The van der Waals surface area contributed by atoms with Gasteiger partial charge < -0.3 is 0 Å². The van der Waals surface area contributed by atoms with E-state index in [-0.39, 0.29) is 6.42 Å². The van der Waals surface area contributed by atoms with Crippen LogP contribution in [0, 0.1) is 17.5 Å². The lowest BCUT2D eigenvalue weighted by Gasteiger charge is -2.05. The molecule has 0 atom stereocenters. The SMILES string of the molecule is CCCn1ncnc1CC(=O)c1ccc(F)c(F)c1F. The van der Waals surface area contributed by atoms with E-state index in [9.17, 15) is 18.0 Å². The number of nitrogens with zero attached hydrogens (tertiary/aromatic N) is 3. The summed E-state index contributed by atoms with van der Waals surface area (Å²) in [6, 6.07) is 1.65. The van der Waals surface area contributed by atoms with Crippen LogP contribution in [0.1, 0.15) is 29.5 Å². The Morgan fingerprint density at radius 3 is 2.70 bits per heavy atom. The molecule has 0 aliphatic rings. The van der Waals surface area contributed by atoms with Gasteiger partial charge in [0.1, 0.15) is 12.2 Å². The third kappa shape index (κ3) is 2.71. The van der Waals surface area contributed by atoms with Crippen LogP contribution in [0.5, 0.6) is 0 Å². The van der Waals surface area contributed by atoms with Crippen molar-refractivity contribution in [2.24, 2.45) is 0 Å². The van der Waals surface area contributed by atoms with Gasteiger partial charge in [-0.05, 0) is 18.6 Å². The molecule has 1 heterocycles. The van der Waals surface area contributed by atoms with E-state index in [1.165, 1.54) is 11.0 Å². The molecule has 0 saturated heterocycles. The van der Waals surface area contributed by atoms with Crippen molar-refractivity contribution in [3.8, 4) is 0 Å². The summed E-state index contributed by atoms with van der Waals surface area (Å²) in [5.41, 5.74) is -0.491. The Morgan fingerprint density at radius 2 is 2.00 bits per heavy atom. The van der Waals surface area contributed by atoms with Gasteiger partial charge in [-0.15, -0.1) is 0 Å². The second-order valence-electron chi connectivity index (χ2n) is 4.22. The molecule has 0 aliphatic carbocycles. The van der Waals surface area contributed by atoms with E-state index < -0.39 is 28.8 Å². The van der Waals surface area contributed by atoms with Crippen LogP contribution in [-0.4, -0.2) is 20.5 Å². The van der Waals surface area contributed by atoms with Crippen molar-refractivity contribution in [2.45, 2.75) is 26.3 Å². The number of rotatable bonds is 5. The average Bonchev–Trinajstić information content (AvgIpc) is 2.84. The van der Waals surface area contributed by atoms with Crippen molar-refractivity contribution in [1.29, 1.82) is 0 Å². The van der Waals surface area contributed by atoms with Gasteiger partial charge >= 0.3 is 0 Å². The Labute approximate surface area is 113 Å². The summed E-state index contributed by atoms with van der Waals surface area (Å²) in [4.78, 5) is 15.9. The van der Waals surface area contributed by atoms with Crippen molar-refractivity contribution in [3.05, 3.63) is 47.3 Å². The highest BCUT2D eigenvalue weighted by atomic mass is 19.2. The highest BCUT2D eigenvalue weighted by Gasteiger charge is 2.20. The van der Waals surface area contributed by atoms with E-state index in [0.717, 1.165) is 18.6 Å². The largest absolute Gasteiger partial charge is 0.294 e. The van der Waals surface area contributed by atoms with Gasteiger partial charge in [-0.3, -0.25) is 4.79 Å². The smallest absolute Gasteiger partial charge is 0.195 e. The van der Waals surface area contributed by atoms with Gasteiger partial charge in [-0.1, -0.05) is 6.92 Å². The first kappa shape index (κ1) is 14.2. The van der Waals surface area contributed by atoms with E-state index >= 15 is 0 Å². The van der Waals surface area contributed by atoms with Crippen LogP contribution in [0.25, 0.3) is 0 Å². The molecular formula is C13H12F3N3O. The number of aromatic nitrogens is 3. The van der Waals surface area contributed by atoms with Gasteiger partial charge in [0.25, 0.3) is 0 Å². The number of carbonyl (C=O) groups excluding carboxylic acids is 1.